The first kappa shape index (κ1) is 12.5. The number of nitrogen functional groups attached to an aromatic ring is 1. The molecule has 0 aliphatic carbocycles. The highest BCUT2D eigenvalue weighted by Gasteiger charge is 2.23. The van der Waals surface area contributed by atoms with Crippen LogP contribution in [0.15, 0.2) is 23.3 Å². The maximum absolute atomic E-state index is 11.8. The second-order valence-corrected chi connectivity index (χ2v) is 4.90. The summed E-state index contributed by atoms with van der Waals surface area (Å²) in [5.74, 6) is 0.0506. The molecule has 104 valence electrons. The van der Waals surface area contributed by atoms with Crippen molar-refractivity contribution >= 4 is 28.2 Å². The second-order valence-electron chi connectivity index (χ2n) is 4.90. The lowest BCUT2D eigenvalue weighted by Crippen LogP contribution is -2.48. The highest BCUT2D eigenvalue weighted by molar-refractivity contribution is 5.91. The summed E-state index contributed by atoms with van der Waals surface area (Å²) < 4.78 is 0. The molecular weight excluding hydrogens is 258 g/mol. The SMILES string of the molecule is CN1CCN(c2cc3nc[nH]c(=O)c3cc2N)CC1=O. The Morgan fingerprint density at radius 1 is 1.30 bits per heavy atom. The predicted molar refractivity (Wildman–Crippen MR) is 76.6 cm³/mol. The summed E-state index contributed by atoms with van der Waals surface area (Å²) in [6, 6.07) is 3.37. The van der Waals surface area contributed by atoms with Gasteiger partial charge in [0.2, 0.25) is 5.91 Å². The summed E-state index contributed by atoms with van der Waals surface area (Å²) in [7, 11) is 1.78. The smallest absolute Gasteiger partial charge is 0.258 e. The number of carbonyl (C=O) groups is 1. The van der Waals surface area contributed by atoms with Crippen molar-refractivity contribution in [2.75, 3.05) is 37.3 Å². The largest absolute Gasteiger partial charge is 0.397 e. The quantitative estimate of drug-likeness (QED) is 0.701. The molecule has 2 heterocycles. The van der Waals surface area contributed by atoms with Crippen LogP contribution in [0, 0.1) is 0 Å². The predicted octanol–water partition coefficient (Wildman–Crippen LogP) is -0.216. The van der Waals surface area contributed by atoms with Gasteiger partial charge in [-0.3, -0.25) is 9.59 Å². The molecule has 0 bridgehead atoms. The minimum Gasteiger partial charge on any atom is -0.397 e. The zero-order valence-corrected chi connectivity index (χ0v) is 11.1. The van der Waals surface area contributed by atoms with Crippen LogP contribution in [0.1, 0.15) is 0 Å². The fourth-order valence-corrected chi connectivity index (χ4v) is 2.36. The molecule has 1 aromatic heterocycles. The van der Waals surface area contributed by atoms with Crippen molar-refractivity contribution < 1.29 is 4.79 Å². The first-order chi connectivity index (χ1) is 9.56. The van der Waals surface area contributed by atoms with Gasteiger partial charge in [-0.05, 0) is 12.1 Å². The van der Waals surface area contributed by atoms with Crippen LogP contribution < -0.4 is 16.2 Å². The van der Waals surface area contributed by atoms with Gasteiger partial charge in [-0.25, -0.2) is 4.98 Å². The van der Waals surface area contributed by atoms with Gasteiger partial charge in [0.25, 0.3) is 5.56 Å². The number of nitrogens with one attached hydrogen (secondary N) is 1. The van der Waals surface area contributed by atoms with Crippen LogP contribution in [0.3, 0.4) is 0 Å². The molecule has 20 heavy (non-hydrogen) atoms. The molecule has 1 amide bonds. The monoisotopic (exact) mass is 273 g/mol. The van der Waals surface area contributed by atoms with Gasteiger partial charge in [-0.15, -0.1) is 0 Å². The summed E-state index contributed by atoms with van der Waals surface area (Å²) in [5.41, 5.74) is 7.60. The van der Waals surface area contributed by atoms with E-state index in [4.69, 9.17) is 5.73 Å². The molecule has 0 saturated carbocycles. The molecule has 3 rings (SSSR count). The summed E-state index contributed by atoms with van der Waals surface area (Å²) in [6.07, 6.45) is 1.36. The van der Waals surface area contributed by atoms with Gasteiger partial charge < -0.3 is 20.5 Å². The van der Waals surface area contributed by atoms with Crippen molar-refractivity contribution in [3.8, 4) is 0 Å². The van der Waals surface area contributed by atoms with Crippen molar-refractivity contribution in [1.82, 2.24) is 14.9 Å². The number of fused-ring (bicyclic) bond motifs is 1. The maximum atomic E-state index is 11.8. The van der Waals surface area contributed by atoms with E-state index in [1.165, 1.54) is 6.33 Å². The molecular formula is C13H15N5O2. The third-order valence-electron chi connectivity index (χ3n) is 3.59. The number of nitrogens with zero attached hydrogens (tertiary/aromatic N) is 3. The van der Waals surface area contributed by atoms with Gasteiger partial charge in [0, 0.05) is 20.1 Å². The average Bonchev–Trinajstić information content (AvgIpc) is 2.42. The van der Waals surface area contributed by atoms with E-state index in [-0.39, 0.29) is 18.0 Å². The number of hydrogen-bond donors (Lipinski definition) is 2. The van der Waals surface area contributed by atoms with Crippen molar-refractivity contribution in [2.24, 2.45) is 0 Å². The third kappa shape index (κ3) is 1.97. The lowest BCUT2D eigenvalue weighted by atomic mass is 10.1. The maximum Gasteiger partial charge on any atom is 0.258 e. The molecule has 0 atom stereocenters. The Bertz CT molecular complexity index is 739. The van der Waals surface area contributed by atoms with Crippen LogP contribution in [0.5, 0.6) is 0 Å². The first-order valence-electron chi connectivity index (χ1n) is 6.32. The number of carbonyl (C=O) groups excluding carboxylic acids is 1. The van der Waals surface area contributed by atoms with Crippen LogP contribution >= 0.6 is 0 Å². The van der Waals surface area contributed by atoms with E-state index in [2.05, 4.69) is 9.97 Å². The molecule has 0 spiro atoms. The highest BCUT2D eigenvalue weighted by Crippen LogP contribution is 2.27. The van der Waals surface area contributed by atoms with Crippen molar-refractivity contribution in [1.29, 1.82) is 0 Å². The van der Waals surface area contributed by atoms with Gasteiger partial charge in [-0.1, -0.05) is 0 Å². The molecule has 0 radical (unpaired) electrons. The Hall–Kier alpha value is -2.57. The summed E-state index contributed by atoms with van der Waals surface area (Å²) in [5, 5.41) is 0.453. The summed E-state index contributed by atoms with van der Waals surface area (Å²) in [4.78, 5) is 33.7. The van der Waals surface area contributed by atoms with Gasteiger partial charge in [0.1, 0.15) is 0 Å². The molecule has 1 aromatic carbocycles. The molecule has 1 aliphatic rings. The topological polar surface area (TPSA) is 95.3 Å². The number of benzene rings is 1. The number of nitrogens with two attached hydrogens (primary N) is 1. The molecule has 1 fully saturated rings. The van der Waals surface area contributed by atoms with Crippen molar-refractivity contribution in [3.63, 3.8) is 0 Å². The number of aromatic nitrogens is 2. The third-order valence-corrected chi connectivity index (χ3v) is 3.59. The lowest BCUT2D eigenvalue weighted by Gasteiger charge is -2.34. The molecule has 3 N–H and O–H groups in total. The van der Waals surface area contributed by atoms with Gasteiger partial charge in [0.05, 0.1) is 35.1 Å². The van der Waals surface area contributed by atoms with Gasteiger partial charge in [-0.2, -0.15) is 0 Å². The molecule has 1 saturated heterocycles. The van der Waals surface area contributed by atoms with Crippen LogP contribution in [0.2, 0.25) is 0 Å². The number of piperazine rings is 1. The minimum atomic E-state index is -0.220. The van der Waals surface area contributed by atoms with E-state index in [0.29, 0.717) is 29.7 Å². The van der Waals surface area contributed by atoms with Crippen LogP contribution in [0.25, 0.3) is 10.9 Å². The molecule has 1 aliphatic heterocycles. The normalized spacial score (nSPS) is 15.9. The van der Waals surface area contributed by atoms with Crippen LogP contribution in [-0.4, -0.2) is 47.5 Å². The number of anilines is 2. The van der Waals surface area contributed by atoms with E-state index < -0.39 is 0 Å². The Kier molecular flexibility index (Phi) is 2.81. The average molecular weight is 273 g/mol. The number of rotatable bonds is 1. The molecule has 0 unspecified atom stereocenters. The van der Waals surface area contributed by atoms with E-state index in [9.17, 15) is 9.59 Å². The lowest BCUT2D eigenvalue weighted by molar-refractivity contribution is -0.129. The van der Waals surface area contributed by atoms with Crippen molar-refractivity contribution in [2.45, 2.75) is 0 Å². The van der Waals surface area contributed by atoms with E-state index in [0.717, 1.165) is 5.69 Å². The Morgan fingerprint density at radius 3 is 2.85 bits per heavy atom. The number of likely N-dealkylation sites (N-methyl/N-ethyl adjacent to an activating group) is 1. The van der Waals surface area contributed by atoms with Gasteiger partial charge in [0.15, 0.2) is 0 Å². The summed E-state index contributed by atoms with van der Waals surface area (Å²) in [6.45, 7) is 1.65. The number of amides is 1. The fourth-order valence-electron chi connectivity index (χ4n) is 2.36. The zero-order chi connectivity index (χ0) is 14.3. The molecule has 2 aromatic rings. The Balaban J connectivity index is 2.06. The van der Waals surface area contributed by atoms with Crippen LogP contribution in [0.4, 0.5) is 11.4 Å². The number of hydrogen-bond acceptors (Lipinski definition) is 5. The van der Waals surface area contributed by atoms with E-state index >= 15 is 0 Å². The van der Waals surface area contributed by atoms with Crippen LogP contribution in [-0.2, 0) is 4.79 Å². The number of H-pyrrole nitrogens is 1. The highest BCUT2D eigenvalue weighted by atomic mass is 16.2. The standard InChI is InChI=1S/C13H15N5O2/c1-17-2-3-18(6-12(17)19)11-5-10-8(4-9(11)14)13(20)16-7-15-10/h4-5,7H,2-3,6,14H2,1H3,(H,15,16,20). The van der Waals surface area contributed by atoms with E-state index in [1.807, 2.05) is 4.90 Å². The van der Waals surface area contributed by atoms with Crippen molar-refractivity contribution in [3.05, 3.63) is 28.8 Å². The summed E-state index contributed by atoms with van der Waals surface area (Å²) >= 11 is 0. The minimum absolute atomic E-state index is 0.0506. The second kappa shape index (κ2) is 4.52. The molecule has 7 heteroatoms. The van der Waals surface area contributed by atoms with Gasteiger partial charge >= 0.3 is 0 Å². The first-order valence-corrected chi connectivity index (χ1v) is 6.32. The zero-order valence-electron chi connectivity index (χ0n) is 11.1. The molecule has 7 nitrogen and oxygen atoms in total. The Morgan fingerprint density at radius 2 is 2.10 bits per heavy atom. The Labute approximate surface area is 115 Å². The fraction of sp³-hybridized carbons (Fsp3) is 0.308. The number of aromatic amines is 1. The van der Waals surface area contributed by atoms with E-state index in [1.54, 1.807) is 24.1 Å².